The molecule has 0 saturated carbocycles. The molecule has 0 fully saturated rings. The number of hydrogen-bond acceptors (Lipinski definition) is 8. The van der Waals surface area contributed by atoms with E-state index in [-0.39, 0.29) is 19.3 Å². The molecule has 1 aliphatic heterocycles. The zero-order valence-corrected chi connectivity index (χ0v) is 27.7. The van der Waals surface area contributed by atoms with Gasteiger partial charge in [0.2, 0.25) is 18.6 Å². The standard InChI is InChI=1S/C39H36N2O10/c1-23(28(27-15-16-33-34(18-27)50-22-49-33)9-6-12-35-40-31-10-4-5-11-32(31)51-35)41(21-24-13-14-25-7-2-3-8-26(25)17-24)36(42)19-29(38(45)46)30(39(47)48)20-37(43)44/h2-8,10-18,23,28-30H,9,19-22H2,1H3,(H,43,44)(H,45,46)(H,47,48)/b12-6+. The quantitative estimate of drug-likeness (QED) is 0.108. The van der Waals surface area contributed by atoms with Crippen LogP contribution >= 0.6 is 0 Å². The van der Waals surface area contributed by atoms with E-state index in [1.54, 1.807) is 17.0 Å². The Labute approximate surface area is 292 Å². The smallest absolute Gasteiger partial charge is 0.307 e. The summed E-state index contributed by atoms with van der Waals surface area (Å²) in [6.07, 6.45) is 2.37. The summed E-state index contributed by atoms with van der Waals surface area (Å²) in [4.78, 5) is 56.4. The van der Waals surface area contributed by atoms with Crippen molar-refractivity contribution in [1.29, 1.82) is 0 Å². The van der Waals surface area contributed by atoms with Gasteiger partial charge in [-0.3, -0.25) is 19.2 Å². The third-order valence-electron chi connectivity index (χ3n) is 9.26. The molecule has 0 aliphatic carbocycles. The van der Waals surface area contributed by atoms with E-state index in [2.05, 4.69) is 4.98 Å². The molecule has 1 amide bonds. The van der Waals surface area contributed by atoms with Crippen molar-refractivity contribution in [2.45, 2.75) is 44.7 Å². The molecule has 0 radical (unpaired) electrons. The van der Waals surface area contributed by atoms with Crippen LogP contribution in [0, 0.1) is 11.8 Å². The number of carbonyl (C=O) groups is 4. The van der Waals surface area contributed by atoms with Gasteiger partial charge in [0.1, 0.15) is 5.52 Å². The van der Waals surface area contributed by atoms with E-state index in [0.29, 0.717) is 34.9 Å². The number of aromatic nitrogens is 1. The van der Waals surface area contributed by atoms with Gasteiger partial charge in [0, 0.05) is 24.9 Å². The van der Waals surface area contributed by atoms with Gasteiger partial charge in [-0.2, -0.15) is 0 Å². The number of aliphatic carboxylic acids is 3. The van der Waals surface area contributed by atoms with E-state index in [9.17, 15) is 34.5 Å². The first-order valence-corrected chi connectivity index (χ1v) is 16.4. The predicted molar refractivity (Wildman–Crippen MR) is 186 cm³/mol. The second kappa shape index (κ2) is 15.2. The summed E-state index contributed by atoms with van der Waals surface area (Å²) in [5, 5.41) is 31.2. The van der Waals surface area contributed by atoms with Crippen molar-refractivity contribution in [3.8, 4) is 11.5 Å². The Morgan fingerprint density at radius 1 is 0.824 bits per heavy atom. The summed E-state index contributed by atoms with van der Waals surface area (Å²) in [7, 11) is 0. The SMILES string of the molecule is CC(C(C/C=C/c1nc2ccccc2o1)c1ccc2c(c1)OCO2)N(Cc1ccc2ccccc2c1)C(=O)CC(C(=O)O)C(CC(=O)O)C(=O)O. The summed E-state index contributed by atoms with van der Waals surface area (Å²) in [5.41, 5.74) is 2.93. The van der Waals surface area contributed by atoms with Gasteiger partial charge in [-0.25, -0.2) is 4.98 Å². The zero-order chi connectivity index (χ0) is 36.1. The van der Waals surface area contributed by atoms with Gasteiger partial charge in [-0.15, -0.1) is 0 Å². The van der Waals surface area contributed by atoms with Crippen molar-refractivity contribution < 1.29 is 48.4 Å². The van der Waals surface area contributed by atoms with Gasteiger partial charge in [0.25, 0.3) is 0 Å². The fraction of sp³-hybridized carbons (Fsp3) is 0.256. The number of amides is 1. The molecule has 1 aliphatic rings. The number of allylic oxidation sites excluding steroid dienone is 1. The van der Waals surface area contributed by atoms with Gasteiger partial charge >= 0.3 is 17.9 Å². The highest BCUT2D eigenvalue weighted by Gasteiger charge is 2.39. The molecule has 51 heavy (non-hydrogen) atoms. The van der Waals surface area contributed by atoms with Gasteiger partial charge in [-0.1, -0.05) is 60.7 Å². The number of benzene rings is 4. The van der Waals surface area contributed by atoms with E-state index in [0.717, 1.165) is 21.9 Å². The Balaban J connectivity index is 1.37. The molecule has 5 aromatic rings. The largest absolute Gasteiger partial charge is 0.481 e. The molecular formula is C39H36N2O10. The van der Waals surface area contributed by atoms with E-state index in [4.69, 9.17) is 13.9 Å². The molecule has 2 heterocycles. The molecule has 4 aromatic carbocycles. The van der Waals surface area contributed by atoms with Crippen LogP contribution < -0.4 is 9.47 Å². The molecule has 4 atom stereocenters. The molecule has 262 valence electrons. The lowest BCUT2D eigenvalue weighted by atomic mass is 9.84. The van der Waals surface area contributed by atoms with Crippen LogP contribution in [0.5, 0.6) is 11.5 Å². The fourth-order valence-electron chi connectivity index (χ4n) is 6.54. The Morgan fingerprint density at radius 2 is 1.53 bits per heavy atom. The van der Waals surface area contributed by atoms with Crippen LogP contribution in [0.3, 0.4) is 0 Å². The van der Waals surface area contributed by atoms with Crippen LogP contribution in [0.4, 0.5) is 0 Å². The minimum absolute atomic E-state index is 0.0703. The number of nitrogens with zero attached hydrogens (tertiary/aromatic N) is 2. The number of carboxylic acids is 3. The number of carboxylic acid groups (broad SMARTS) is 3. The number of ether oxygens (including phenoxy) is 2. The Bertz CT molecular complexity index is 2090. The molecule has 12 heteroatoms. The highest BCUT2D eigenvalue weighted by atomic mass is 16.7. The molecular weight excluding hydrogens is 656 g/mol. The normalized spacial score (nSPS) is 14.7. The van der Waals surface area contributed by atoms with Gasteiger partial charge in [0.05, 0.1) is 18.3 Å². The number of para-hydroxylation sites is 2. The molecule has 0 saturated heterocycles. The van der Waals surface area contributed by atoms with Crippen LogP contribution in [-0.4, -0.2) is 61.9 Å². The summed E-state index contributed by atoms with van der Waals surface area (Å²) in [6, 6.07) is 25.8. The lowest BCUT2D eigenvalue weighted by Crippen LogP contribution is -2.44. The van der Waals surface area contributed by atoms with Crippen LogP contribution in [0.25, 0.3) is 27.9 Å². The second-order valence-electron chi connectivity index (χ2n) is 12.5. The number of carbonyl (C=O) groups excluding carboxylic acids is 1. The summed E-state index contributed by atoms with van der Waals surface area (Å²) in [6.45, 7) is 1.99. The van der Waals surface area contributed by atoms with Gasteiger partial charge in [0.15, 0.2) is 17.1 Å². The summed E-state index contributed by atoms with van der Waals surface area (Å²) >= 11 is 0. The van der Waals surface area contributed by atoms with E-state index in [1.807, 2.05) is 91.9 Å². The highest BCUT2D eigenvalue weighted by molar-refractivity contribution is 5.88. The third kappa shape index (κ3) is 8.01. The average molecular weight is 693 g/mol. The van der Waals surface area contributed by atoms with Crippen LogP contribution in [0.1, 0.15) is 49.1 Å². The van der Waals surface area contributed by atoms with Crippen molar-refractivity contribution in [3.63, 3.8) is 0 Å². The van der Waals surface area contributed by atoms with E-state index in [1.165, 1.54) is 0 Å². The second-order valence-corrected chi connectivity index (χ2v) is 12.5. The Morgan fingerprint density at radius 3 is 2.27 bits per heavy atom. The lowest BCUT2D eigenvalue weighted by molar-refractivity contribution is -0.159. The highest BCUT2D eigenvalue weighted by Crippen LogP contribution is 2.38. The fourth-order valence-corrected chi connectivity index (χ4v) is 6.54. The molecule has 6 rings (SSSR count). The predicted octanol–water partition coefficient (Wildman–Crippen LogP) is 6.58. The van der Waals surface area contributed by atoms with Gasteiger partial charge < -0.3 is 34.1 Å². The van der Waals surface area contributed by atoms with E-state index < -0.39 is 54.5 Å². The van der Waals surface area contributed by atoms with Crippen LogP contribution in [-0.2, 0) is 25.7 Å². The molecule has 3 N–H and O–H groups in total. The maximum absolute atomic E-state index is 14.3. The first kappa shape index (κ1) is 34.7. The van der Waals surface area contributed by atoms with Crippen molar-refractivity contribution >= 4 is 51.8 Å². The maximum atomic E-state index is 14.3. The van der Waals surface area contributed by atoms with Crippen molar-refractivity contribution in [2.24, 2.45) is 11.8 Å². The van der Waals surface area contributed by atoms with E-state index >= 15 is 0 Å². The van der Waals surface area contributed by atoms with Crippen molar-refractivity contribution in [1.82, 2.24) is 9.88 Å². The molecule has 0 spiro atoms. The van der Waals surface area contributed by atoms with Crippen molar-refractivity contribution in [2.75, 3.05) is 6.79 Å². The zero-order valence-electron chi connectivity index (χ0n) is 27.7. The molecule has 1 aromatic heterocycles. The summed E-state index contributed by atoms with van der Waals surface area (Å²) in [5.74, 6) is -7.72. The van der Waals surface area contributed by atoms with Crippen molar-refractivity contribution in [3.05, 3.63) is 108 Å². The monoisotopic (exact) mass is 692 g/mol. The summed E-state index contributed by atoms with van der Waals surface area (Å²) < 4.78 is 17.1. The number of fused-ring (bicyclic) bond motifs is 3. The molecule has 4 unspecified atom stereocenters. The van der Waals surface area contributed by atoms with Crippen LogP contribution in [0.15, 0.2) is 95.4 Å². The maximum Gasteiger partial charge on any atom is 0.307 e. The molecule has 12 nitrogen and oxygen atoms in total. The minimum Gasteiger partial charge on any atom is -0.481 e. The minimum atomic E-state index is -1.81. The third-order valence-corrected chi connectivity index (χ3v) is 9.26. The Hall–Kier alpha value is -6.17. The topological polar surface area (TPSA) is 177 Å². The number of oxazole rings is 1. The number of rotatable bonds is 15. The Kier molecular flexibility index (Phi) is 10.3. The average Bonchev–Trinajstić information content (AvgIpc) is 3.76. The first-order chi connectivity index (χ1) is 24.6. The lowest BCUT2D eigenvalue weighted by Gasteiger charge is -2.36. The molecule has 0 bridgehead atoms. The van der Waals surface area contributed by atoms with Crippen LogP contribution in [0.2, 0.25) is 0 Å². The van der Waals surface area contributed by atoms with Gasteiger partial charge in [-0.05, 0) is 71.7 Å². The number of hydrogen-bond donors (Lipinski definition) is 3. The first-order valence-electron chi connectivity index (χ1n) is 16.4.